The summed E-state index contributed by atoms with van der Waals surface area (Å²) < 4.78 is 23.9. The molecule has 7 heteroatoms. The fourth-order valence-corrected chi connectivity index (χ4v) is 2.20. The van der Waals surface area contributed by atoms with Gasteiger partial charge in [0.05, 0.1) is 16.1 Å². The van der Waals surface area contributed by atoms with E-state index in [4.69, 9.17) is 9.94 Å². The second-order valence-corrected chi connectivity index (χ2v) is 6.73. The van der Waals surface area contributed by atoms with Crippen LogP contribution in [0.15, 0.2) is 23.1 Å². The molecule has 1 rings (SSSR count). The van der Waals surface area contributed by atoms with Gasteiger partial charge in [-0.05, 0) is 45.4 Å². The van der Waals surface area contributed by atoms with Crippen molar-refractivity contribution in [2.24, 2.45) is 0 Å². The van der Waals surface area contributed by atoms with E-state index < -0.39 is 21.6 Å². The van der Waals surface area contributed by atoms with Crippen molar-refractivity contribution in [2.75, 3.05) is 0 Å². The Balaban J connectivity index is 3.09. The Hall–Kier alpha value is -1.44. The van der Waals surface area contributed by atoms with E-state index in [-0.39, 0.29) is 10.5 Å². The molecule has 0 aromatic heterocycles. The molecule has 0 unspecified atom stereocenters. The summed E-state index contributed by atoms with van der Waals surface area (Å²) in [6.45, 7) is 6.66. The molecule has 0 amide bonds. The van der Waals surface area contributed by atoms with E-state index in [0.717, 1.165) is 6.07 Å². The minimum absolute atomic E-state index is 0.0568. The van der Waals surface area contributed by atoms with Crippen molar-refractivity contribution < 1.29 is 23.2 Å². The Bertz CT molecular complexity index is 587. The van der Waals surface area contributed by atoms with Gasteiger partial charge >= 0.3 is 5.97 Å². The molecule has 0 bridgehead atoms. The van der Waals surface area contributed by atoms with Gasteiger partial charge in [0, 0.05) is 0 Å². The molecule has 0 spiro atoms. The van der Waals surface area contributed by atoms with Gasteiger partial charge in [0.2, 0.25) is 0 Å². The van der Waals surface area contributed by atoms with Crippen LogP contribution in [0.4, 0.5) is 0 Å². The molecule has 2 N–H and O–H groups in total. The third-order valence-electron chi connectivity index (χ3n) is 2.21. The smallest absolute Gasteiger partial charge is 0.335 e. The van der Waals surface area contributed by atoms with Crippen LogP contribution in [-0.4, -0.2) is 25.1 Å². The maximum Gasteiger partial charge on any atom is 0.335 e. The molecule has 0 saturated heterocycles. The number of benzene rings is 1. The van der Waals surface area contributed by atoms with Gasteiger partial charge in [-0.1, -0.05) is 11.0 Å². The number of rotatable bonds is 4. The molecule has 19 heavy (non-hydrogen) atoms. The first-order valence-electron chi connectivity index (χ1n) is 5.57. The van der Waals surface area contributed by atoms with Gasteiger partial charge in [-0.3, -0.25) is 4.84 Å². The SMILES string of the molecule is Cc1ccc(S(=O)(=O)NOC(C)(C)C)cc1C(=O)O. The Morgan fingerprint density at radius 1 is 1.32 bits per heavy atom. The summed E-state index contributed by atoms with van der Waals surface area (Å²) in [6.07, 6.45) is 0. The summed E-state index contributed by atoms with van der Waals surface area (Å²) in [7, 11) is -3.90. The minimum Gasteiger partial charge on any atom is -0.478 e. The molecule has 0 fully saturated rings. The van der Waals surface area contributed by atoms with Crippen LogP contribution in [0.1, 0.15) is 36.7 Å². The number of aromatic carboxylic acids is 1. The van der Waals surface area contributed by atoms with Crippen LogP contribution >= 0.6 is 0 Å². The number of carbonyl (C=O) groups is 1. The number of aryl methyl sites for hydroxylation is 1. The molecule has 0 saturated carbocycles. The molecule has 1 aromatic rings. The fraction of sp³-hybridized carbons (Fsp3) is 0.417. The zero-order chi connectivity index (χ0) is 14.8. The van der Waals surface area contributed by atoms with Crippen LogP contribution in [0.5, 0.6) is 0 Å². The fourth-order valence-electron chi connectivity index (χ4n) is 1.23. The normalized spacial score (nSPS) is 12.4. The van der Waals surface area contributed by atoms with Crippen molar-refractivity contribution in [3.63, 3.8) is 0 Å². The van der Waals surface area contributed by atoms with E-state index in [2.05, 4.69) is 0 Å². The van der Waals surface area contributed by atoms with Crippen molar-refractivity contribution in [1.82, 2.24) is 4.89 Å². The molecule has 0 radical (unpaired) electrons. The molecule has 0 aliphatic carbocycles. The van der Waals surface area contributed by atoms with Crippen LogP contribution in [-0.2, 0) is 14.9 Å². The van der Waals surface area contributed by atoms with Gasteiger partial charge < -0.3 is 5.11 Å². The molecule has 0 aliphatic rings. The molecular formula is C12H17NO5S. The standard InChI is InChI=1S/C12H17NO5S/c1-8-5-6-9(7-10(8)11(14)15)19(16,17)13-18-12(2,3)4/h5-7,13H,1-4H3,(H,14,15). The van der Waals surface area contributed by atoms with Crippen molar-refractivity contribution in [3.05, 3.63) is 29.3 Å². The van der Waals surface area contributed by atoms with Crippen molar-refractivity contribution in [1.29, 1.82) is 0 Å². The average Bonchev–Trinajstić information content (AvgIpc) is 2.25. The molecule has 0 heterocycles. The zero-order valence-corrected chi connectivity index (χ0v) is 12.0. The van der Waals surface area contributed by atoms with Gasteiger partial charge in [0.15, 0.2) is 0 Å². The highest BCUT2D eigenvalue weighted by atomic mass is 32.2. The van der Waals surface area contributed by atoms with Gasteiger partial charge in [0.1, 0.15) is 0 Å². The third-order valence-corrected chi connectivity index (χ3v) is 3.38. The van der Waals surface area contributed by atoms with E-state index in [9.17, 15) is 13.2 Å². The third kappa shape index (κ3) is 4.30. The second kappa shape index (κ2) is 5.28. The van der Waals surface area contributed by atoms with E-state index >= 15 is 0 Å². The van der Waals surface area contributed by atoms with Crippen LogP contribution in [0, 0.1) is 6.92 Å². The summed E-state index contributed by atoms with van der Waals surface area (Å²) in [6, 6.07) is 3.87. The lowest BCUT2D eigenvalue weighted by molar-refractivity contribution is -0.0357. The number of carboxylic acids is 1. The molecule has 6 nitrogen and oxygen atoms in total. The maximum atomic E-state index is 11.9. The predicted octanol–water partition coefficient (Wildman–Crippen LogP) is 1.70. The van der Waals surface area contributed by atoms with Gasteiger partial charge in [-0.2, -0.15) is 0 Å². The largest absolute Gasteiger partial charge is 0.478 e. The Morgan fingerprint density at radius 2 is 1.89 bits per heavy atom. The first-order valence-corrected chi connectivity index (χ1v) is 7.05. The monoisotopic (exact) mass is 287 g/mol. The van der Waals surface area contributed by atoms with Crippen LogP contribution < -0.4 is 4.89 Å². The Kier molecular flexibility index (Phi) is 4.34. The van der Waals surface area contributed by atoms with Crippen LogP contribution in [0.2, 0.25) is 0 Å². The summed E-state index contributed by atoms with van der Waals surface area (Å²) >= 11 is 0. The molecule has 1 aromatic carbocycles. The minimum atomic E-state index is -3.90. The molecule has 0 atom stereocenters. The van der Waals surface area contributed by atoms with E-state index in [0.29, 0.717) is 5.56 Å². The van der Waals surface area contributed by atoms with Gasteiger partial charge in [-0.15, -0.1) is 0 Å². The lowest BCUT2D eigenvalue weighted by Crippen LogP contribution is -2.33. The number of carboxylic acid groups (broad SMARTS) is 1. The molecule has 0 aliphatic heterocycles. The first-order chi connectivity index (χ1) is 8.53. The number of hydrogen-bond acceptors (Lipinski definition) is 4. The van der Waals surface area contributed by atoms with Crippen molar-refractivity contribution >= 4 is 16.0 Å². The molecule has 106 valence electrons. The number of sulfonamides is 1. The Morgan fingerprint density at radius 3 is 2.37 bits per heavy atom. The summed E-state index contributed by atoms with van der Waals surface area (Å²) in [4.78, 5) is 17.8. The molecular weight excluding hydrogens is 270 g/mol. The maximum absolute atomic E-state index is 11.9. The van der Waals surface area contributed by atoms with Crippen molar-refractivity contribution in [3.8, 4) is 0 Å². The van der Waals surface area contributed by atoms with Crippen LogP contribution in [0.3, 0.4) is 0 Å². The quantitative estimate of drug-likeness (QED) is 0.822. The van der Waals surface area contributed by atoms with Crippen molar-refractivity contribution in [2.45, 2.75) is 38.2 Å². The van der Waals surface area contributed by atoms with Gasteiger partial charge in [0.25, 0.3) is 10.0 Å². The number of nitrogens with one attached hydrogen (secondary N) is 1. The number of hydrogen-bond donors (Lipinski definition) is 2. The summed E-state index contributed by atoms with van der Waals surface area (Å²) in [5.41, 5.74) is -0.255. The second-order valence-electron chi connectivity index (χ2n) is 5.08. The van der Waals surface area contributed by atoms with Crippen LogP contribution in [0.25, 0.3) is 0 Å². The predicted molar refractivity (Wildman–Crippen MR) is 69.3 cm³/mol. The van der Waals surface area contributed by atoms with E-state index in [1.165, 1.54) is 12.1 Å². The highest BCUT2D eigenvalue weighted by Gasteiger charge is 2.21. The summed E-state index contributed by atoms with van der Waals surface area (Å²) in [5.74, 6) is -1.17. The lowest BCUT2D eigenvalue weighted by Gasteiger charge is -2.19. The zero-order valence-electron chi connectivity index (χ0n) is 11.2. The average molecular weight is 287 g/mol. The highest BCUT2D eigenvalue weighted by molar-refractivity contribution is 7.89. The van der Waals surface area contributed by atoms with E-state index in [1.807, 2.05) is 4.89 Å². The van der Waals surface area contributed by atoms with E-state index in [1.54, 1.807) is 27.7 Å². The topological polar surface area (TPSA) is 92.7 Å². The Labute approximate surface area is 112 Å². The first kappa shape index (κ1) is 15.6. The summed E-state index contributed by atoms with van der Waals surface area (Å²) in [5, 5.41) is 8.97. The highest BCUT2D eigenvalue weighted by Crippen LogP contribution is 2.16. The lowest BCUT2D eigenvalue weighted by atomic mass is 10.1. The van der Waals surface area contributed by atoms with Gasteiger partial charge in [-0.25, -0.2) is 13.2 Å².